The lowest BCUT2D eigenvalue weighted by atomic mass is 10.1. The normalized spacial score (nSPS) is 18.0. The molecule has 1 fully saturated rings. The molecule has 0 spiro atoms. The highest BCUT2D eigenvalue weighted by Gasteiger charge is 2.12. The second kappa shape index (κ2) is 5.04. The van der Waals surface area contributed by atoms with Crippen LogP contribution in [-0.4, -0.2) is 30.8 Å². The Kier molecular flexibility index (Phi) is 3.47. The van der Waals surface area contributed by atoms with Crippen LogP contribution in [0.5, 0.6) is 0 Å². The number of rotatable bonds is 2. The van der Waals surface area contributed by atoms with E-state index in [2.05, 4.69) is 10.2 Å². The van der Waals surface area contributed by atoms with E-state index in [1.165, 1.54) is 5.56 Å². The maximum Gasteiger partial charge on any atom is 0.189 e. The Labute approximate surface area is 102 Å². The molecule has 1 aliphatic rings. The van der Waals surface area contributed by atoms with Crippen LogP contribution in [0, 0.1) is 6.92 Å². The summed E-state index contributed by atoms with van der Waals surface area (Å²) in [5, 5.41) is 3.25. The van der Waals surface area contributed by atoms with Crippen molar-refractivity contribution in [2.45, 2.75) is 13.3 Å². The number of nitrogens with one attached hydrogen (secondary N) is 1. The van der Waals surface area contributed by atoms with Crippen LogP contribution in [0.1, 0.15) is 22.3 Å². The van der Waals surface area contributed by atoms with Gasteiger partial charge in [-0.25, -0.2) is 0 Å². The van der Waals surface area contributed by atoms with Crippen LogP contribution in [-0.2, 0) is 0 Å². The van der Waals surface area contributed by atoms with E-state index < -0.39 is 0 Å². The van der Waals surface area contributed by atoms with E-state index in [-0.39, 0.29) is 5.78 Å². The number of carbonyl (C=O) groups excluding carboxylic acids is 1. The minimum Gasteiger partial charge on any atom is -0.372 e. The third kappa shape index (κ3) is 2.87. The first-order chi connectivity index (χ1) is 8.16. The molecular weight excluding hydrogens is 212 g/mol. The van der Waals surface area contributed by atoms with Crippen molar-refractivity contribution in [3.63, 3.8) is 0 Å². The summed E-state index contributed by atoms with van der Waals surface area (Å²) in [6.07, 6.45) is 2.80. The van der Waals surface area contributed by atoms with Crippen molar-refractivity contribution in [2.24, 2.45) is 0 Å². The molecule has 0 bridgehead atoms. The van der Waals surface area contributed by atoms with Gasteiger partial charge in [-0.2, -0.15) is 0 Å². The fourth-order valence-electron chi connectivity index (χ4n) is 1.87. The average Bonchev–Trinajstić information content (AvgIpc) is 2.33. The Morgan fingerprint density at radius 3 is 2.71 bits per heavy atom. The van der Waals surface area contributed by atoms with Crippen LogP contribution in [0.3, 0.4) is 0 Å². The molecule has 0 aliphatic carbocycles. The molecule has 1 heterocycles. The fourth-order valence-corrected chi connectivity index (χ4v) is 1.87. The standard InChI is InChI=1S/C14H18N2O/c1-11-4-6-12(7-5-11)13(17)10-14-15-8-3-9-16(14)2/h4-7,10,15H,3,8-9H2,1-2H3/b14-10+. The van der Waals surface area contributed by atoms with Gasteiger partial charge in [0.2, 0.25) is 0 Å². The Bertz CT molecular complexity index is 434. The monoisotopic (exact) mass is 230 g/mol. The third-order valence-electron chi connectivity index (χ3n) is 2.99. The molecule has 1 aliphatic heterocycles. The number of ketones is 1. The summed E-state index contributed by atoms with van der Waals surface area (Å²) in [6, 6.07) is 7.67. The van der Waals surface area contributed by atoms with Crippen molar-refractivity contribution in [3.8, 4) is 0 Å². The Morgan fingerprint density at radius 2 is 2.06 bits per heavy atom. The molecule has 1 aromatic carbocycles. The maximum absolute atomic E-state index is 12.0. The SMILES string of the molecule is Cc1ccc(C(=O)/C=C2\NCCCN2C)cc1. The van der Waals surface area contributed by atoms with Crippen LogP contribution in [0.4, 0.5) is 0 Å². The molecule has 1 saturated heterocycles. The van der Waals surface area contributed by atoms with Crippen molar-refractivity contribution < 1.29 is 4.79 Å². The molecular formula is C14H18N2O. The maximum atomic E-state index is 12.0. The van der Waals surface area contributed by atoms with Gasteiger partial charge in [-0.15, -0.1) is 0 Å². The molecule has 0 saturated carbocycles. The molecule has 2 rings (SSSR count). The zero-order chi connectivity index (χ0) is 12.3. The highest BCUT2D eigenvalue weighted by atomic mass is 16.1. The molecule has 0 amide bonds. The molecule has 0 atom stereocenters. The van der Waals surface area contributed by atoms with Crippen LogP contribution < -0.4 is 5.32 Å². The summed E-state index contributed by atoms with van der Waals surface area (Å²) in [4.78, 5) is 14.1. The number of hydrogen-bond donors (Lipinski definition) is 1. The number of aryl methyl sites for hydroxylation is 1. The first-order valence-corrected chi connectivity index (χ1v) is 5.94. The first-order valence-electron chi connectivity index (χ1n) is 5.94. The van der Waals surface area contributed by atoms with E-state index in [0.29, 0.717) is 0 Å². The van der Waals surface area contributed by atoms with Crippen molar-refractivity contribution in [3.05, 3.63) is 47.3 Å². The Morgan fingerprint density at radius 1 is 1.35 bits per heavy atom. The van der Waals surface area contributed by atoms with Gasteiger partial charge >= 0.3 is 0 Å². The second-order valence-corrected chi connectivity index (χ2v) is 4.46. The number of allylic oxidation sites excluding steroid dienone is 1. The second-order valence-electron chi connectivity index (χ2n) is 4.46. The topological polar surface area (TPSA) is 32.3 Å². The van der Waals surface area contributed by atoms with E-state index in [1.807, 2.05) is 38.2 Å². The zero-order valence-electron chi connectivity index (χ0n) is 10.4. The van der Waals surface area contributed by atoms with Gasteiger partial charge in [0.05, 0.1) is 0 Å². The van der Waals surface area contributed by atoms with Gasteiger partial charge in [0.1, 0.15) is 5.82 Å². The smallest absolute Gasteiger partial charge is 0.189 e. The van der Waals surface area contributed by atoms with Crippen molar-refractivity contribution in [1.82, 2.24) is 10.2 Å². The lowest BCUT2D eigenvalue weighted by molar-refractivity contribution is 0.104. The average molecular weight is 230 g/mol. The van der Waals surface area contributed by atoms with E-state index >= 15 is 0 Å². The number of carbonyl (C=O) groups is 1. The van der Waals surface area contributed by atoms with Gasteiger partial charge in [0.15, 0.2) is 5.78 Å². The van der Waals surface area contributed by atoms with Crippen LogP contribution in [0.25, 0.3) is 0 Å². The lowest BCUT2D eigenvalue weighted by Crippen LogP contribution is -2.37. The van der Waals surface area contributed by atoms with Crippen molar-refractivity contribution >= 4 is 5.78 Å². The number of hydrogen-bond acceptors (Lipinski definition) is 3. The van der Waals surface area contributed by atoms with Gasteiger partial charge in [-0.05, 0) is 13.3 Å². The van der Waals surface area contributed by atoms with Gasteiger partial charge in [-0.1, -0.05) is 29.8 Å². The number of nitrogens with zero attached hydrogens (tertiary/aromatic N) is 1. The molecule has 1 N–H and O–H groups in total. The largest absolute Gasteiger partial charge is 0.372 e. The summed E-state index contributed by atoms with van der Waals surface area (Å²) in [7, 11) is 2.00. The van der Waals surface area contributed by atoms with Gasteiger partial charge in [-0.3, -0.25) is 4.79 Å². The van der Waals surface area contributed by atoms with E-state index in [4.69, 9.17) is 0 Å². The molecule has 3 nitrogen and oxygen atoms in total. The van der Waals surface area contributed by atoms with Gasteiger partial charge < -0.3 is 10.2 Å². The summed E-state index contributed by atoms with van der Waals surface area (Å²) < 4.78 is 0. The summed E-state index contributed by atoms with van der Waals surface area (Å²) >= 11 is 0. The molecule has 17 heavy (non-hydrogen) atoms. The van der Waals surface area contributed by atoms with Crippen LogP contribution in [0.2, 0.25) is 0 Å². The minimum atomic E-state index is 0.0567. The number of benzene rings is 1. The summed E-state index contributed by atoms with van der Waals surface area (Å²) in [5.41, 5.74) is 1.91. The fraction of sp³-hybridized carbons (Fsp3) is 0.357. The highest BCUT2D eigenvalue weighted by molar-refractivity contribution is 6.04. The van der Waals surface area contributed by atoms with Gasteiger partial charge in [0, 0.05) is 31.8 Å². The Balaban J connectivity index is 2.15. The van der Waals surface area contributed by atoms with E-state index in [1.54, 1.807) is 6.08 Å². The Hall–Kier alpha value is -1.77. The van der Waals surface area contributed by atoms with Crippen LogP contribution >= 0.6 is 0 Å². The van der Waals surface area contributed by atoms with Crippen LogP contribution in [0.15, 0.2) is 36.2 Å². The molecule has 0 unspecified atom stereocenters. The summed E-state index contributed by atoms with van der Waals surface area (Å²) in [5.74, 6) is 0.975. The first kappa shape index (κ1) is 11.7. The zero-order valence-corrected chi connectivity index (χ0v) is 10.4. The predicted molar refractivity (Wildman–Crippen MR) is 68.8 cm³/mol. The van der Waals surface area contributed by atoms with E-state index in [9.17, 15) is 4.79 Å². The van der Waals surface area contributed by atoms with Crippen molar-refractivity contribution in [2.75, 3.05) is 20.1 Å². The van der Waals surface area contributed by atoms with E-state index in [0.717, 1.165) is 30.9 Å². The highest BCUT2D eigenvalue weighted by Crippen LogP contribution is 2.09. The molecule has 0 radical (unpaired) electrons. The minimum absolute atomic E-state index is 0.0567. The molecule has 3 heteroatoms. The van der Waals surface area contributed by atoms with Crippen molar-refractivity contribution in [1.29, 1.82) is 0 Å². The predicted octanol–water partition coefficient (Wildman–Crippen LogP) is 1.94. The molecule has 1 aromatic rings. The summed E-state index contributed by atoms with van der Waals surface area (Å²) in [6.45, 7) is 3.96. The molecule has 90 valence electrons. The lowest BCUT2D eigenvalue weighted by Gasteiger charge is -2.28. The third-order valence-corrected chi connectivity index (χ3v) is 2.99. The molecule has 0 aromatic heterocycles. The van der Waals surface area contributed by atoms with Gasteiger partial charge in [0.25, 0.3) is 0 Å². The quantitative estimate of drug-likeness (QED) is 0.622.